The standard InChI is InChI=1S/C14H19NO3/c1-10(2)5-6-15-8-12(16)11-3-4-13-14(7-11)18-9-17-13/h3-4,7,10,15H,5-6,8-9H2,1-2H3. The van der Waals surface area contributed by atoms with Crippen LogP contribution in [-0.4, -0.2) is 25.7 Å². The van der Waals surface area contributed by atoms with Gasteiger partial charge in [0.05, 0.1) is 6.54 Å². The Kier molecular flexibility index (Phi) is 4.20. The van der Waals surface area contributed by atoms with E-state index in [0.29, 0.717) is 29.5 Å². The molecule has 0 aromatic heterocycles. The van der Waals surface area contributed by atoms with Gasteiger partial charge in [-0.2, -0.15) is 0 Å². The zero-order chi connectivity index (χ0) is 13.0. The van der Waals surface area contributed by atoms with Gasteiger partial charge in [0.25, 0.3) is 0 Å². The first-order valence-corrected chi connectivity index (χ1v) is 6.30. The number of nitrogens with one attached hydrogen (secondary N) is 1. The zero-order valence-electron chi connectivity index (χ0n) is 10.9. The van der Waals surface area contributed by atoms with Gasteiger partial charge in [-0.15, -0.1) is 0 Å². The Bertz CT molecular complexity index is 429. The summed E-state index contributed by atoms with van der Waals surface area (Å²) in [6.45, 7) is 5.81. The van der Waals surface area contributed by atoms with E-state index in [2.05, 4.69) is 19.2 Å². The second kappa shape index (κ2) is 5.87. The number of hydrogen-bond donors (Lipinski definition) is 1. The normalized spacial score (nSPS) is 13.1. The summed E-state index contributed by atoms with van der Waals surface area (Å²) in [6.07, 6.45) is 1.08. The van der Waals surface area contributed by atoms with Gasteiger partial charge in [0.1, 0.15) is 0 Å². The maximum Gasteiger partial charge on any atom is 0.231 e. The minimum atomic E-state index is 0.0806. The predicted octanol–water partition coefficient (Wildman–Crippen LogP) is 2.23. The first kappa shape index (κ1) is 12.9. The maximum atomic E-state index is 11.9. The van der Waals surface area contributed by atoms with Crippen molar-refractivity contribution in [3.63, 3.8) is 0 Å². The summed E-state index contributed by atoms with van der Waals surface area (Å²) in [5.41, 5.74) is 0.663. The Labute approximate surface area is 107 Å². The lowest BCUT2D eigenvalue weighted by atomic mass is 10.1. The van der Waals surface area contributed by atoms with Gasteiger partial charge in [-0.05, 0) is 37.1 Å². The molecule has 4 nitrogen and oxygen atoms in total. The van der Waals surface area contributed by atoms with Gasteiger partial charge in [0, 0.05) is 5.56 Å². The van der Waals surface area contributed by atoms with Crippen LogP contribution in [0.1, 0.15) is 30.6 Å². The number of hydrogen-bond acceptors (Lipinski definition) is 4. The van der Waals surface area contributed by atoms with Gasteiger partial charge in [-0.3, -0.25) is 4.79 Å². The minimum absolute atomic E-state index is 0.0806. The lowest BCUT2D eigenvalue weighted by Crippen LogP contribution is -2.24. The molecule has 98 valence electrons. The van der Waals surface area contributed by atoms with Gasteiger partial charge in [-0.25, -0.2) is 0 Å². The average molecular weight is 249 g/mol. The quantitative estimate of drug-likeness (QED) is 0.620. The van der Waals surface area contributed by atoms with Crippen LogP contribution < -0.4 is 14.8 Å². The molecule has 1 aromatic carbocycles. The van der Waals surface area contributed by atoms with E-state index in [9.17, 15) is 4.79 Å². The summed E-state index contributed by atoms with van der Waals surface area (Å²) in [7, 11) is 0. The Morgan fingerprint density at radius 1 is 1.33 bits per heavy atom. The minimum Gasteiger partial charge on any atom is -0.454 e. The summed E-state index contributed by atoms with van der Waals surface area (Å²) in [4.78, 5) is 11.9. The molecule has 1 aliphatic rings. The molecule has 1 aliphatic heterocycles. The molecule has 1 heterocycles. The number of carbonyl (C=O) groups excluding carboxylic acids is 1. The van der Waals surface area contributed by atoms with Crippen molar-refractivity contribution in [2.24, 2.45) is 5.92 Å². The van der Waals surface area contributed by atoms with Crippen molar-refractivity contribution in [1.82, 2.24) is 5.32 Å². The number of benzene rings is 1. The summed E-state index contributed by atoms with van der Waals surface area (Å²) in [5.74, 6) is 2.09. The second-order valence-electron chi connectivity index (χ2n) is 4.85. The van der Waals surface area contributed by atoms with E-state index in [1.54, 1.807) is 18.2 Å². The van der Waals surface area contributed by atoms with Crippen LogP contribution in [0.2, 0.25) is 0 Å². The number of ketones is 1. The molecule has 0 aliphatic carbocycles. The van der Waals surface area contributed by atoms with Crippen molar-refractivity contribution in [1.29, 1.82) is 0 Å². The molecule has 0 unspecified atom stereocenters. The van der Waals surface area contributed by atoms with Gasteiger partial charge in [0.2, 0.25) is 6.79 Å². The Hall–Kier alpha value is -1.55. The number of carbonyl (C=O) groups is 1. The fourth-order valence-corrected chi connectivity index (χ4v) is 1.76. The molecule has 0 atom stereocenters. The monoisotopic (exact) mass is 249 g/mol. The van der Waals surface area contributed by atoms with Crippen LogP contribution in [0.15, 0.2) is 18.2 Å². The second-order valence-corrected chi connectivity index (χ2v) is 4.85. The highest BCUT2D eigenvalue weighted by Gasteiger charge is 2.15. The predicted molar refractivity (Wildman–Crippen MR) is 69.2 cm³/mol. The first-order chi connectivity index (χ1) is 8.66. The molecule has 18 heavy (non-hydrogen) atoms. The highest BCUT2D eigenvalue weighted by molar-refractivity contribution is 5.98. The van der Waals surface area contributed by atoms with Crippen LogP contribution in [0, 0.1) is 5.92 Å². The fraction of sp³-hybridized carbons (Fsp3) is 0.500. The van der Waals surface area contributed by atoms with Gasteiger partial charge in [0.15, 0.2) is 17.3 Å². The summed E-state index contributed by atoms with van der Waals surface area (Å²) in [6, 6.07) is 5.30. The third kappa shape index (κ3) is 3.23. The van der Waals surface area contributed by atoms with E-state index in [0.717, 1.165) is 13.0 Å². The third-order valence-electron chi connectivity index (χ3n) is 2.88. The Balaban J connectivity index is 1.85. The largest absolute Gasteiger partial charge is 0.454 e. The molecular formula is C14H19NO3. The van der Waals surface area contributed by atoms with E-state index in [4.69, 9.17) is 9.47 Å². The molecule has 0 saturated heterocycles. The van der Waals surface area contributed by atoms with Crippen LogP contribution in [0.4, 0.5) is 0 Å². The van der Waals surface area contributed by atoms with E-state index in [-0.39, 0.29) is 12.6 Å². The molecular weight excluding hydrogens is 230 g/mol. The van der Waals surface area contributed by atoms with E-state index in [1.807, 2.05) is 0 Å². The van der Waals surface area contributed by atoms with Crippen molar-refractivity contribution in [2.45, 2.75) is 20.3 Å². The van der Waals surface area contributed by atoms with E-state index < -0.39 is 0 Å². The maximum absolute atomic E-state index is 11.9. The third-order valence-corrected chi connectivity index (χ3v) is 2.88. The molecule has 1 N–H and O–H groups in total. The Morgan fingerprint density at radius 3 is 2.89 bits per heavy atom. The van der Waals surface area contributed by atoms with Crippen LogP contribution in [-0.2, 0) is 0 Å². The van der Waals surface area contributed by atoms with Crippen molar-refractivity contribution in [3.05, 3.63) is 23.8 Å². The average Bonchev–Trinajstić information content (AvgIpc) is 2.81. The van der Waals surface area contributed by atoms with Crippen LogP contribution in [0.25, 0.3) is 0 Å². The van der Waals surface area contributed by atoms with Crippen LogP contribution in [0.3, 0.4) is 0 Å². The fourth-order valence-electron chi connectivity index (χ4n) is 1.76. The SMILES string of the molecule is CC(C)CCNCC(=O)c1ccc2c(c1)OCO2. The van der Waals surface area contributed by atoms with Crippen molar-refractivity contribution >= 4 is 5.78 Å². The molecule has 2 rings (SSSR count). The molecule has 0 fully saturated rings. The number of Topliss-reactive ketones (excluding diaryl/α,β-unsaturated/α-hetero) is 1. The molecule has 0 radical (unpaired) electrons. The highest BCUT2D eigenvalue weighted by atomic mass is 16.7. The van der Waals surface area contributed by atoms with Gasteiger partial charge < -0.3 is 14.8 Å². The van der Waals surface area contributed by atoms with Crippen molar-refractivity contribution < 1.29 is 14.3 Å². The van der Waals surface area contributed by atoms with Crippen molar-refractivity contribution in [2.75, 3.05) is 19.9 Å². The topological polar surface area (TPSA) is 47.6 Å². The Morgan fingerprint density at radius 2 is 2.11 bits per heavy atom. The smallest absolute Gasteiger partial charge is 0.231 e. The lowest BCUT2D eigenvalue weighted by Gasteiger charge is -2.06. The molecule has 0 spiro atoms. The lowest BCUT2D eigenvalue weighted by molar-refractivity contribution is 0.0990. The number of ether oxygens (including phenoxy) is 2. The molecule has 0 saturated carbocycles. The summed E-state index contributed by atoms with van der Waals surface area (Å²) < 4.78 is 10.5. The van der Waals surface area contributed by atoms with Crippen LogP contribution in [0.5, 0.6) is 11.5 Å². The van der Waals surface area contributed by atoms with E-state index >= 15 is 0 Å². The summed E-state index contributed by atoms with van der Waals surface area (Å²) in [5, 5.41) is 3.16. The molecule has 4 heteroatoms. The molecule has 0 amide bonds. The number of rotatable bonds is 6. The van der Waals surface area contributed by atoms with Gasteiger partial charge in [-0.1, -0.05) is 13.8 Å². The van der Waals surface area contributed by atoms with E-state index in [1.165, 1.54) is 0 Å². The first-order valence-electron chi connectivity index (χ1n) is 6.30. The van der Waals surface area contributed by atoms with Crippen molar-refractivity contribution in [3.8, 4) is 11.5 Å². The summed E-state index contributed by atoms with van der Waals surface area (Å²) >= 11 is 0. The molecule has 1 aromatic rings. The number of fused-ring (bicyclic) bond motifs is 1. The zero-order valence-corrected chi connectivity index (χ0v) is 10.9. The van der Waals surface area contributed by atoms with Crippen LogP contribution >= 0.6 is 0 Å². The molecule has 0 bridgehead atoms. The van der Waals surface area contributed by atoms with Gasteiger partial charge >= 0.3 is 0 Å². The highest BCUT2D eigenvalue weighted by Crippen LogP contribution is 2.32.